The highest BCUT2D eigenvalue weighted by Crippen LogP contribution is 2.49. The molecule has 1 aliphatic heterocycles. The first kappa shape index (κ1) is 20.7. The van der Waals surface area contributed by atoms with Crippen LogP contribution in [-0.2, 0) is 19.7 Å². The third kappa shape index (κ3) is 4.45. The number of halogens is 1. The summed E-state index contributed by atoms with van der Waals surface area (Å²) < 4.78 is 5.38. The fourth-order valence-electron chi connectivity index (χ4n) is 3.97. The van der Waals surface area contributed by atoms with Crippen molar-refractivity contribution in [3.63, 3.8) is 0 Å². The summed E-state index contributed by atoms with van der Waals surface area (Å²) in [5, 5.41) is 3.50. The standard InChI is InChI=1S/C23H26ClN3O3/c1-26(22(29)23(9-10-23)17-3-2-4-18(24)15-17)16-21(28)25-19-5-7-20(8-6-19)27-11-13-30-14-12-27/h2-8,15H,9-14,16H2,1H3,(H,25,28). The van der Waals surface area contributed by atoms with Gasteiger partial charge in [0.15, 0.2) is 0 Å². The van der Waals surface area contributed by atoms with Gasteiger partial charge in [0.2, 0.25) is 11.8 Å². The van der Waals surface area contributed by atoms with Crippen LogP contribution in [-0.4, -0.2) is 56.6 Å². The second-order valence-corrected chi connectivity index (χ2v) is 8.38. The fraction of sp³-hybridized carbons (Fsp3) is 0.391. The molecule has 1 saturated carbocycles. The van der Waals surface area contributed by atoms with E-state index >= 15 is 0 Å². The quantitative estimate of drug-likeness (QED) is 0.768. The van der Waals surface area contributed by atoms with Crippen molar-refractivity contribution < 1.29 is 14.3 Å². The van der Waals surface area contributed by atoms with Crippen molar-refractivity contribution in [3.05, 3.63) is 59.1 Å². The molecule has 6 nitrogen and oxygen atoms in total. The van der Waals surface area contributed by atoms with Gasteiger partial charge < -0.3 is 19.9 Å². The van der Waals surface area contributed by atoms with E-state index in [0.717, 1.165) is 50.4 Å². The van der Waals surface area contributed by atoms with Crippen molar-refractivity contribution >= 4 is 34.8 Å². The third-order valence-corrected chi connectivity index (χ3v) is 6.03. The number of anilines is 2. The van der Waals surface area contributed by atoms with Gasteiger partial charge in [0.1, 0.15) is 0 Å². The van der Waals surface area contributed by atoms with E-state index in [4.69, 9.17) is 16.3 Å². The molecule has 1 heterocycles. The summed E-state index contributed by atoms with van der Waals surface area (Å²) in [5.74, 6) is -0.255. The van der Waals surface area contributed by atoms with Gasteiger partial charge in [-0.05, 0) is 54.8 Å². The molecule has 7 heteroatoms. The second kappa shape index (κ2) is 8.66. The summed E-state index contributed by atoms with van der Waals surface area (Å²) in [6.45, 7) is 3.21. The van der Waals surface area contributed by atoms with Gasteiger partial charge in [-0.15, -0.1) is 0 Å². The van der Waals surface area contributed by atoms with Crippen LogP contribution >= 0.6 is 11.6 Å². The first-order chi connectivity index (χ1) is 14.5. The maximum atomic E-state index is 13.0. The van der Waals surface area contributed by atoms with E-state index in [-0.39, 0.29) is 18.4 Å². The zero-order valence-corrected chi connectivity index (χ0v) is 17.8. The van der Waals surface area contributed by atoms with Crippen LogP contribution in [0.15, 0.2) is 48.5 Å². The van der Waals surface area contributed by atoms with E-state index in [1.165, 1.54) is 4.90 Å². The van der Waals surface area contributed by atoms with Crippen LogP contribution in [0.1, 0.15) is 18.4 Å². The summed E-state index contributed by atoms with van der Waals surface area (Å²) in [6, 6.07) is 15.2. The largest absolute Gasteiger partial charge is 0.378 e. The number of carbonyl (C=O) groups excluding carboxylic acids is 2. The molecular weight excluding hydrogens is 402 g/mol. The number of morpholine rings is 1. The molecule has 0 aromatic heterocycles. The number of benzene rings is 2. The maximum absolute atomic E-state index is 13.0. The van der Waals surface area contributed by atoms with Crippen LogP contribution in [0.25, 0.3) is 0 Å². The van der Waals surface area contributed by atoms with Gasteiger partial charge in [-0.3, -0.25) is 9.59 Å². The molecule has 1 aliphatic carbocycles. The van der Waals surface area contributed by atoms with Gasteiger partial charge in [-0.2, -0.15) is 0 Å². The Morgan fingerprint density at radius 3 is 2.47 bits per heavy atom. The zero-order valence-electron chi connectivity index (χ0n) is 17.1. The Labute approximate surface area is 181 Å². The number of rotatable bonds is 6. The van der Waals surface area contributed by atoms with Crippen molar-refractivity contribution in [2.24, 2.45) is 0 Å². The van der Waals surface area contributed by atoms with Crippen molar-refractivity contribution in [3.8, 4) is 0 Å². The van der Waals surface area contributed by atoms with E-state index in [1.54, 1.807) is 13.1 Å². The first-order valence-electron chi connectivity index (χ1n) is 10.2. The van der Waals surface area contributed by atoms with Crippen molar-refractivity contribution in [1.29, 1.82) is 0 Å². The minimum absolute atomic E-state index is 0.00631. The molecule has 158 valence electrons. The number of hydrogen-bond acceptors (Lipinski definition) is 4. The average Bonchev–Trinajstić information content (AvgIpc) is 3.56. The molecule has 0 radical (unpaired) electrons. The lowest BCUT2D eigenvalue weighted by atomic mass is 9.94. The zero-order chi connectivity index (χ0) is 21.1. The van der Waals surface area contributed by atoms with E-state index in [1.807, 2.05) is 42.5 Å². The summed E-state index contributed by atoms with van der Waals surface area (Å²) >= 11 is 6.10. The number of ether oxygens (including phenoxy) is 1. The van der Waals surface area contributed by atoms with Crippen molar-refractivity contribution in [1.82, 2.24) is 4.90 Å². The van der Waals surface area contributed by atoms with Crippen molar-refractivity contribution in [2.75, 3.05) is 50.1 Å². The Morgan fingerprint density at radius 2 is 1.83 bits per heavy atom. The monoisotopic (exact) mass is 427 g/mol. The summed E-state index contributed by atoms with van der Waals surface area (Å²) in [5.41, 5.74) is 2.21. The number of hydrogen-bond donors (Lipinski definition) is 1. The maximum Gasteiger partial charge on any atom is 0.243 e. The molecule has 2 aliphatic rings. The second-order valence-electron chi connectivity index (χ2n) is 7.95. The highest BCUT2D eigenvalue weighted by Gasteiger charge is 2.52. The van der Waals surface area contributed by atoms with Crippen LogP contribution < -0.4 is 10.2 Å². The first-order valence-corrected chi connectivity index (χ1v) is 10.6. The molecule has 0 atom stereocenters. The molecule has 1 N–H and O–H groups in total. The molecular formula is C23H26ClN3O3. The molecule has 2 aromatic carbocycles. The molecule has 4 rings (SSSR count). The third-order valence-electron chi connectivity index (χ3n) is 5.79. The Bertz CT molecular complexity index is 922. The van der Waals surface area contributed by atoms with Crippen LogP contribution in [0.4, 0.5) is 11.4 Å². The predicted octanol–water partition coefficient (Wildman–Crippen LogP) is 3.31. The molecule has 30 heavy (non-hydrogen) atoms. The van der Waals surface area contributed by atoms with E-state index in [2.05, 4.69) is 10.2 Å². The average molecular weight is 428 g/mol. The smallest absolute Gasteiger partial charge is 0.243 e. The number of amides is 2. The van der Waals surface area contributed by atoms with E-state index < -0.39 is 5.41 Å². The predicted molar refractivity (Wildman–Crippen MR) is 118 cm³/mol. The minimum Gasteiger partial charge on any atom is -0.378 e. The van der Waals surface area contributed by atoms with E-state index in [0.29, 0.717) is 10.7 Å². The van der Waals surface area contributed by atoms with Crippen LogP contribution in [0, 0.1) is 0 Å². The van der Waals surface area contributed by atoms with Gasteiger partial charge in [0, 0.05) is 36.5 Å². The highest BCUT2D eigenvalue weighted by molar-refractivity contribution is 6.30. The summed E-state index contributed by atoms with van der Waals surface area (Å²) in [6.07, 6.45) is 1.56. The SMILES string of the molecule is CN(CC(=O)Nc1ccc(N2CCOCC2)cc1)C(=O)C1(c2cccc(Cl)c2)CC1. The molecule has 0 bridgehead atoms. The molecule has 0 unspecified atom stereocenters. The van der Waals surface area contributed by atoms with Crippen LogP contribution in [0.2, 0.25) is 5.02 Å². The van der Waals surface area contributed by atoms with Gasteiger partial charge in [-0.25, -0.2) is 0 Å². The summed E-state index contributed by atoms with van der Waals surface area (Å²) in [7, 11) is 1.67. The van der Waals surface area contributed by atoms with Crippen LogP contribution in [0.3, 0.4) is 0 Å². The van der Waals surface area contributed by atoms with Crippen molar-refractivity contribution in [2.45, 2.75) is 18.3 Å². The lowest BCUT2D eigenvalue weighted by molar-refractivity contribution is -0.135. The van der Waals surface area contributed by atoms with Crippen LogP contribution in [0.5, 0.6) is 0 Å². The highest BCUT2D eigenvalue weighted by atomic mass is 35.5. The molecule has 1 saturated heterocycles. The lowest BCUT2D eigenvalue weighted by Gasteiger charge is -2.29. The minimum atomic E-state index is -0.542. The lowest BCUT2D eigenvalue weighted by Crippen LogP contribution is -2.41. The van der Waals surface area contributed by atoms with E-state index in [9.17, 15) is 9.59 Å². The Balaban J connectivity index is 1.34. The van der Waals surface area contributed by atoms with Gasteiger partial charge in [-0.1, -0.05) is 23.7 Å². The van der Waals surface area contributed by atoms with Gasteiger partial charge in [0.25, 0.3) is 0 Å². The molecule has 0 spiro atoms. The molecule has 2 amide bonds. The van der Waals surface area contributed by atoms with Gasteiger partial charge in [0.05, 0.1) is 25.2 Å². The van der Waals surface area contributed by atoms with Gasteiger partial charge >= 0.3 is 0 Å². The normalized spacial score (nSPS) is 17.3. The summed E-state index contributed by atoms with van der Waals surface area (Å²) in [4.78, 5) is 29.3. The Kier molecular flexibility index (Phi) is 5.97. The Hall–Kier alpha value is -2.57. The number of nitrogens with zero attached hydrogens (tertiary/aromatic N) is 2. The number of likely N-dealkylation sites (N-methyl/N-ethyl adjacent to an activating group) is 1. The Morgan fingerprint density at radius 1 is 1.13 bits per heavy atom. The topological polar surface area (TPSA) is 61.9 Å². The number of carbonyl (C=O) groups is 2. The number of nitrogens with one attached hydrogen (secondary N) is 1. The molecule has 2 aromatic rings. The fourth-order valence-corrected chi connectivity index (χ4v) is 4.16. The molecule has 2 fully saturated rings.